The van der Waals surface area contributed by atoms with Crippen molar-refractivity contribution >= 4 is 23.2 Å². The molecule has 0 radical (unpaired) electrons. The molecule has 3 nitrogen and oxygen atoms in total. The predicted octanol–water partition coefficient (Wildman–Crippen LogP) is 3.97. The van der Waals surface area contributed by atoms with Gasteiger partial charge in [0.25, 0.3) is 0 Å². The van der Waals surface area contributed by atoms with E-state index in [1.54, 1.807) is 0 Å². The van der Waals surface area contributed by atoms with Crippen molar-refractivity contribution in [2.45, 2.75) is 25.8 Å². The molecular weight excluding hydrogens is 308 g/mol. The lowest BCUT2D eigenvalue weighted by Crippen LogP contribution is -2.40. The molecule has 0 fully saturated rings. The molecule has 2 aromatic carbocycles. The van der Waals surface area contributed by atoms with Crippen LogP contribution in [0.3, 0.4) is 0 Å². The largest absolute Gasteiger partial charge is 0.362 e. The number of halogens is 1. The normalized spacial score (nSPS) is 15.0. The van der Waals surface area contributed by atoms with Crippen molar-refractivity contribution in [3.05, 3.63) is 64.7 Å². The summed E-state index contributed by atoms with van der Waals surface area (Å²) in [7, 11) is 0. The quantitative estimate of drug-likeness (QED) is 0.921. The number of fused-ring (bicyclic) bond motifs is 1. The first kappa shape index (κ1) is 15.9. The highest BCUT2D eigenvalue weighted by molar-refractivity contribution is 6.30. The number of rotatable bonds is 4. The Balaban J connectivity index is 1.63. The van der Waals surface area contributed by atoms with Crippen LogP contribution < -0.4 is 10.2 Å². The van der Waals surface area contributed by atoms with Crippen LogP contribution in [0.4, 0.5) is 5.69 Å². The van der Waals surface area contributed by atoms with Crippen molar-refractivity contribution in [3.63, 3.8) is 0 Å². The Hall–Kier alpha value is -2.00. The van der Waals surface area contributed by atoms with E-state index in [4.69, 9.17) is 11.6 Å². The molecular formula is C19H21ClN2O. The first-order valence-electron chi connectivity index (χ1n) is 8.01. The van der Waals surface area contributed by atoms with Crippen molar-refractivity contribution in [2.24, 2.45) is 0 Å². The summed E-state index contributed by atoms with van der Waals surface area (Å²) in [5.74, 6) is 0.0455. The topological polar surface area (TPSA) is 32.3 Å². The van der Waals surface area contributed by atoms with E-state index in [2.05, 4.69) is 28.4 Å². The summed E-state index contributed by atoms with van der Waals surface area (Å²) >= 11 is 5.90. The zero-order chi connectivity index (χ0) is 16.2. The Morgan fingerprint density at radius 3 is 2.74 bits per heavy atom. The second kappa shape index (κ2) is 7.05. The van der Waals surface area contributed by atoms with E-state index in [-0.39, 0.29) is 11.9 Å². The lowest BCUT2D eigenvalue weighted by molar-refractivity contribution is -0.120. The summed E-state index contributed by atoms with van der Waals surface area (Å²) in [6.45, 7) is 3.32. The zero-order valence-corrected chi connectivity index (χ0v) is 14.0. The molecule has 1 aliphatic heterocycles. The van der Waals surface area contributed by atoms with Gasteiger partial charge in [0.15, 0.2) is 0 Å². The van der Waals surface area contributed by atoms with Crippen LogP contribution in [0.1, 0.15) is 30.5 Å². The second-order valence-electron chi connectivity index (χ2n) is 5.99. The summed E-state index contributed by atoms with van der Waals surface area (Å²) in [5, 5.41) is 3.78. The molecule has 3 rings (SSSR count). The van der Waals surface area contributed by atoms with Crippen LogP contribution in [0.15, 0.2) is 48.5 Å². The highest BCUT2D eigenvalue weighted by atomic mass is 35.5. The number of aryl methyl sites for hydroxylation is 1. The van der Waals surface area contributed by atoms with Gasteiger partial charge in [-0.25, -0.2) is 0 Å². The fourth-order valence-electron chi connectivity index (χ4n) is 3.07. The molecule has 4 heteroatoms. The lowest BCUT2D eigenvalue weighted by Gasteiger charge is -2.31. The molecule has 23 heavy (non-hydrogen) atoms. The third kappa shape index (κ3) is 3.85. The number of nitrogens with zero attached hydrogens (tertiary/aromatic N) is 1. The number of hydrogen-bond acceptors (Lipinski definition) is 2. The summed E-state index contributed by atoms with van der Waals surface area (Å²) < 4.78 is 0. The third-order valence-electron chi connectivity index (χ3n) is 4.29. The van der Waals surface area contributed by atoms with Gasteiger partial charge in [0.1, 0.15) is 0 Å². The van der Waals surface area contributed by atoms with E-state index in [0.717, 1.165) is 24.9 Å². The number of amides is 1. The molecule has 0 saturated carbocycles. The Kier molecular flexibility index (Phi) is 4.87. The van der Waals surface area contributed by atoms with Gasteiger partial charge >= 0.3 is 0 Å². The second-order valence-corrected chi connectivity index (χ2v) is 6.43. The fraction of sp³-hybridized carbons (Fsp3) is 0.316. The highest BCUT2D eigenvalue weighted by Crippen LogP contribution is 2.26. The number of nitrogens with one attached hydrogen (secondary N) is 1. The summed E-state index contributed by atoms with van der Waals surface area (Å²) in [5.41, 5.74) is 3.58. The summed E-state index contributed by atoms with van der Waals surface area (Å²) in [4.78, 5) is 14.6. The van der Waals surface area contributed by atoms with E-state index in [1.807, 2.05) is 37.3 Å². The maximum atomic E-state index is 12.4. The number of benzene rings is 2. The minimum atomic E-state index is -0.0280. The van der Waals surface area contributed by atoms with Crippen LogP contribution in [0.2, 0.25) is 5.02 Å². The molecule has 1 amide bonds. The van der Waals surface area contributed by atoms with Gasteiger partial charge in [0.2, 0.25) is 5.91 Å². The lowest BCUT2D eigenvalue weighted by atomic mass is 10.0. The summed E-state index contributed by atoms with van der Waals surface area (Å²) in [6, 6.07) is 15.9. The van der Waals surface area contributed by atoms with Gasteiger partial charge < -0.3 is 10.2 Å². The predicted molar refractivity (Wildman–Crippen MR) is 95.0 cm³/mol. The molecule has 0 unspecified atom stereocenters. The van der Waals surface area contributed by atoms with Crippen LogP contribution in [0.25, 0.3) is 0 Å². The van der Waals surface area contributed by atoms with Gasteiger partial charge in [0.05, 0.1) is 12.6 Å². The molecule has 120 valence electrons. The van der Waals surface area contributed by atoms with Crippen LogP contribution in [-0.2, 0) is 11.2 Å². The van der Waals surface area contributed by atoms with Crippen molar-refractivity contribution in [1.82, 2.24) is 5.32 Å². The molecule has 2 aromatic rings. The van der Waals surface area contributed by atoms with Crippen LogP contribution in [0.5, 0.6) is 0 Å². The van der Waals surface area contributed by atoms with E-state index >= 15 is 0 Å². The number of carbonyl (C=O) groups excluding carboxylic acids is 1. The maximum Gasteiger partial charge on any atom is 0.239 e. The van der Waals surface area contributed by atoms with E-state index in [1.165, 1.54) is 11.3 Å². The molecule has 0 saturated heterocycles. The van der Waals surface area contributed by atoms with Crippen LogP contribution >= 0.6 is 11.6 Å². The van der Waals surface area contributed by atoms with Gasteiger partial charge in [-0.1, -0.05) is 41.9 Å². The van der Waals surface area contributed by atoms with Gasteiger partial charge in [-0.3, -0.25) is 4.79 Å². The van der Waals surface area contributed by atoms with E-state index in [9.17, 15) is 4.79 Å². The molecule has 0 aliphatic carbocycles. The Morgan fingerprint density at radius 2 is 1.96 bits per heavy atom. The molecule has 0 aromatic heterocycles. The number of para-hydroxylation sites is 1. The Morgan fingerprint density at radius 1 is 1.22 bits per heavy atom. The molecule has 1 aliphatic rings. The van der Waals surface area contributed by atoms with Crippen molar-refractivity contribution in [3.8, 4) is 0 Å². The molecule has 0 spiro atoms. The highest BCUT2D eigenvalue weighted by Gasteiger charge is 2.19. The SMILES string of the molecule is C[C@H](NC(=O)CN1CCCc2ccccc21)c1ccc(Cl)cc1. The number of carbonyl (C=O) groups is 1. The first-order chi connectivity index (χ1) is 11.1. The van der Waals surface area contributed by atoms with Gasteiger partial charge in [0, 0.05) is 17.3 Å². The van der Waals surface area contributed by atoms with Crippen LogP contribution in [0, 0.1) is 0 Å². The van der Waals surface area contributed by atoms with Gasteiger partial charge in [-0.05, 0) is 49.1 Å². The first-order valence-corrected chi connectivity index (χ1v) is 8.39. The fourth-order valence-corrected chi connectivity index (χ4v) is 3.20. The van der Waals surface area contributed by atoms with E-state index in [0.29, 0.717) is 11.6 Å². The standard InChI is InChI=1S/C19H21ClN2O/c1-14(15-8-10-17(20)11-9-15)21-19(23)13-22-12-4-6-16-5-2-3-7-18(16)22/h2-3,5,7-11,14H,4,6,12-13H2,1H3,(H,21,23)/t14-/m0/s1. The monoisotopic (exact) mass is 328 g/mol. The molecule has 0 bridgehead atoms. The van der Waals surface area contributed by atoms with Crippen molar-refractivity contribution in [2.75, 3.05) is 18.0 Å². The van der Waals surface area contributed by atoms with E-state index < -0.39 is 0 Å². The molecule has 1 N–H and O–H groups in total. The van der Waals surface area contributed by atoms with Gasteiger partial charge in [-0.2, -0.15) is 0 Å². The minimum Gasteiger partial charge on any atom is -0.362 e. The molecule has 1 heterocycles. The average Bonchev–Trinajstić information content (AvgIpc) is 2.55. The van der Waals surface area contributed by atoms with Crippen molar-refractivity contribution in [1.29, 1.82) is 0 Å². The average molecular weight is 329 g/mol. The Labute approximate surface area is 142 Å². The number of hydrogen-bond donors (Lipinski definition) is 1. The Bertz CT molecular complexity index is 684. The third-order valence-corrected chi connectivity index (χ3v) is 4.54. The zero-order valence-electron chi connectivity index (χ0n) is 13.3. The maximum absolute atomic E-state index is 12.4. The summed E-state index contributed by atoms with van der Waals surface area (Å²) in [6.07, 6.45) is 2.19. The minimum absolute atomic E-state index is 0.0280. The smallest absolute Gasteiger partial charge is 0.239 e. The van der Waals surface area contributed by atoms with Crippen LogP contribution in [-0.4, -0.2) is 19.0 Å². The van der Waals surface area contributed by atoms with Gasteiger partial charge in [-0.15, -0.1) is 0 Å². The number of anilines is 1. The molecule has 1 atom stereocenters. The van der Waals surface area contributed by atoms with Crippen molar-refractivity contribution < 1.29 is 4.79 Å².